The Labute approximate surface area is 237 Å². The number of rotatable bonds is 4. The van der Waals surface area contributed by atoms with Crippen LogP contribution in [0, 0.1) is 0 Å². The molecular formula is C24H28ClN5O5S3. The van der Waals surface area contributed by atoms with Gasteiger partial charge in [0.15, 0.2) is 0 Å². The summed E-state index contributed by atoms with van der Waals surface area (Å²) in [6, 6.07) is 23.5. The first-order valence-electron chi connectivity index (χ1n) is 9.90. The van der Waals surface area contributed by atoms with Crippen LogP contribution in [0.5, 0.6) is 0 Å². The van der Waals surface area contributed by atoms with Gasteiger partial charge in [-0.1, -0.05) is 92.8 Å². The predicted octanol–water partition coefficient (Wildman–Crippen LogP) is 4.31. The van der Waals surface area contributed by atoms with Crippen molar-refractivity contribution in [1.29, 1.82) is 0 Å². The maximum atomic E-state index is 12.1. The monoisotopic (exact) mass is 597 g/mol. The number of halogens is 1. The van der Waals surface area contributed by atoms with Crippen LogP contribution < -0.4 is 16.6 Å². The first-order valence-corrected chi connectivity index (χ1v) is 12.7. The van der Waals surface area contributed by atoms with Crippen molar-refractivity contribution in [3.8, 4) is 28.1 Å². The number of sulfonamides is 1. The highest BCUT2D eigenvalue weighted by molar-refractivity contribution is 7.96. The lowest BCUT2D eigenvalue weighted by molar-refractivity contribution is 0.266. The molecule has 0 aliphatic heterocycles. The number of carbonyl (C=O) groups excluding carboxylic acids is 2. The minimum Gasteiger partial charge on any atom is -0.412 e. The van der Waals surface area contributed by atoms with Crippen molar-refractivity contribution in [2.24, 2.45) is 16.6 Å². The Morgan fingerprint density at radius 3 is 1.79 bits per heavy atom. The van der Waals surface area contributed by atoms with Gasteiger partial charge in [0.2, 0.25) is 10.0 Å². The van der Waals surface area contributed by atoms with Crippen LogP contribution in [0.3, 0.4) is 0 Å². The first-order chi connectivity index (χ1) is 16.9. The molecule has 0 fully saturated rings. The zero-order valence-electron chi connectivity index (χ0n) is 19.0. The molecule has 3 aromatic carbocycles. The molecule has 8 N–H and O–H groups in total. The quantitative estimate of drug-likeness (QED) is 0.218. The van der Waals surface area contributed by atoms with Crippen molar-refractivity contribution in [1.82, 2.24) is 9.78 Å². The van der Waals surface area contributed by atoms with Crippen LogP contribution in [0.1, 0.15) is 7.43 Å². The van der Waals surface area contributed by atoms with Gasteiger partial charge in [-0.3, -0.25) is 9.59 Å². The number of primary amides is 2. The predicted molar refractivity (Wildman–Crippen MR) is 158 cm³/mol. The average Bonchev–Trinajstić information content (AvgIpc) is 3.24. The van der Waals surface area contributed by atoms with Gasteiger partial charge in [-0.15, -0.1) is 0 Å². The zero-order chi connectivity index (χ0) is 26.9. The molecule has 14 heteroatoms. The molecule has 10 nitrogen and oxygen atoms in total. The number of nitrogens with two attached hydrogens (primary N) is 3. The minimum absolute atomic E-state index is 0. The van der Waals surface area contributed by atoms with E-state index in [0.717, 1.165) is 16.8 Å². The lowest BCUT2D eigenvalue weighted by atomic mass is 10.0. The van der Waals surface area contributed by atoms with E-state index >= 15 is 0 Å². The Bertz CT molecular complexity index is 1430. The largest absolute Gasteiger partial charge is 0.412 e. The number of amides is 2. The van der Waals surface area contributed by atoms with Gasteiger partial charge >= 0.3 is 0 Å². The highest BCUT2D eigenvalue weighted by atomic mass is 35.5. The number of hydrogen-bond donors (Lipinski definition) is 5. The van der Waals surface area contributed by atoms with Gasteiger partial charge in [-0.05, 0) is 35.9 Å². The highest BCUT2D eigenvalue weighted by Crippen LogP contribution is 2.35. The Kier molecular flexibility index (Phi) is 14.4. The van der Waals surface area contributed by atoms with Gasteiger partial charge in [0.25, 0.3) is 10.5 Å². The van der Waals surface area contributed by atoms with E-state index in [9.17, 15) is 8.42 Å². The van der Waals surface area contributed by atoms with E-state index in [2.05, 4.69) is 41.8 Å². The molecule has 0 radical (unpaired) electrons. The third kappa shape index (κ3) is 10.6. The number of para-hydroxylation sites is 1. The van der Waals surface area contributed by atoms with Crippen molar-refractivity contribution in [3.05, 3.63) is 90.1 Å². The SMILES string of the molecule is C.NC(=O)S.NC(=O)S.NS(=O)(=O)c1ccccc1-c1nn(-c2ccccc2)cc1-c1ccc(Cl)cc1.O. The summed E-state index contributed by atoms with van der Waals surface area (Å²) in [5.41, 5.74) is 12.1. The number of hydrogen-bond acceptors (Lipinski definition) is 5. The van der Waals surface area contributed by atoms with Gasteiger partial charge < -0.3 is 16.9 Å². The molecule has 0 spiro atoms. The molecule has 0 bridgehead atoms. The summed E-state index contributed by atoms with van der Waals surface area (Å²) in [7, 11) is -3.91. The van der Waals surface area contributed by atoms with Crippen molar-refractivity contribution in [3.63, 3.8) is 0 Å². The highest BCUT2D eigenvalue weighted by Gasteiger charge is 2.21. The third-order valence-corrected chi connectivity index (χ3v) is 5.56. The Hall–Kier alpha value is -3.33. The van der Waals surface area contributed by atoms with Crippen LogP contribution in [-0.4, -0.2) is 34.2 Å². The molecule has 0 aliphatic rings. The molecule has 204 valence electrons. The van der Waals surface area contributed by atoms with E-state index in [-0.39, 0.29) is 17.8 Å². The smallest absolute Gasteiger partial charge is 0.273 e. The van der Waals surface area contributed by atoms with Crippen molar-refractivity contribution in [2.75, 3.05) is 0 Å². The fourth-order valence-electron chi connectivity index (χ4n) is 3.04. The van der Waals surface area contributed by atoms with Crippen LogP contribution in [0.4, 0.5) is 9.59 Å². The maximum Gasteiger partial charge on any atom is 0.273 e. The average molecular weight is 598 g/mol. The summed E-state index contributed by atoms with van der Waals surface area (Å²) in [6.07, 6.45) is 1.87. The van der Waals surface area contributed by atoms with Gasteiger partial charge in [-0.2, -0.15) is 5.10 Å². The van der Waals surface area contributed by atoms with E-state index in [1.54, 1.807) is 35.0 Å². The third-order valence-electron chi connectivity index (χ3n) is 4.34. The molecule has 1 heterocycles. The van der Waals surface area contributed by atoms with Crippen LogP contribution in [0.2, 0.25) is 5.02 Å². The standard InChI is InChI=1S/C21H16ClN3O2S.2CH3NOS.CH4.H2O/c22-16-12-10-15(11-13-16)19-14-25(17-6-2-1-3-7-17)24-21(19)18-8-4-5-9-20(18)28(23,26)27;2*2-1(3)4;;/h1-14H,(H2,23,26,27);2*(H3,2,3,4);1H4;1H2. The summed E-state index contributed by atoms with van der Waals surface area (Å²) < 4.78 is 26.0. The fourth-order valence-corrected chi connectivity index (χ4v) is 3.90. The van der Waals surface area contributed by atoms with Gasteiger partial charge in [0, 0.05) is 22.3 Å². The molecule has 2 amide bonds. The van der Waals surface area contributed by atoms with Gasteiger partial charge in [0.1, 0.15) is 5.69 Å². The second-order valence-electron chi connectivity index (χ2n) is 6.90. The maximum absolute atomic E-state index is 12.1. The van der Waals surface area contributed by atoms with Crippen molar-refractivity contribution < 1.29 is 23.5 Å². The van der Waals surface area contributed by atoms with Crippen molar-refractivity contribution >= 4 is 57.4 Å². The number of thiol groups is 2. The topological polar surface area (TPSA) is 196 Å². The van der Waals surface area contributed by atoms with Crippen molar-refractivity contribution in [2.45, 2.75) is 12.3 Å². The zero-order valence-corrected chi connectivity index (χ0v) is 22.4. The molecule has 0 saturated heterocycles. The number of carbonyl (C=O) groups is 2. The van der Waals surface area contributed by atoms with Crippen LogP contribution >= 0.6 is 36.9 Å². The number of benzene rings is 3. The molecule has 0 aliphatic carbocycles. The molecule has 1 aromatic heterocycles. The summed E-state index contributed by atoms with van der Waals surface area (Å²) in [5.74, 6) is 0. The molecule has 0 atom stereocenters. The van der Waals surface area contributed by atoms with Gasteiger partial charge in [-0.25, -0.2) is 18.2 Å². The summed E-state index contributed by atoms with van der Waals surface area (Å²) >= 11 is 12.2. The second kappa shape index (κ2) is 15.8. The second-order valence-corrected chi connectivity index (χ2v) is 9.74. The summed E-state index contributed by atoms with van der Waals surface area (Å²) in [6.45, 7) is 0. The number of primary sulfonamides is 1. The minimum atomic E-state index is -3.91. The lowest BCUT2D eigenvalue weighted by Crippen LogP contribution is -2.13. The number of aromatic nitrogens is 2. The normalized spacial score (nSPS) is 9.79. The lowest BCUT2D eigenvalue weighted by Gasteiger charge is -2.08. The molecule has 4 rings (SSSR count). The van der Waals surface area contributed by atoms with E-state index < -0.39 is 20.5 Å². The number of nitrogens with zero attached hydrogens (tertiary/aromatic N) is 2. The van der Waals surface area contributed by atoms with E-state index in [4.69, 9.17) is 26.3 Å². The Balaban J connectivity index is 0.00000121. The van der Waals surface area contributed by atoms with Crippen LogP contribution in [0.15, 0.2) is 90.0 Å². The molecule has 0 saturated carbocycles. The van der Waals surface area contributed by atoms with E-state index in [1.165, 1.54) is 6.07 Å². The molecular weight excluding hydrogens is 570 g/mol. The molecule has 4 aromatic rings. The fraction of sp³-hybridized carbons (Fsp3) is 0.0417. The van der Waals surface area contributed by atoms with Gasteiger partial charge in [0.05, 0.1) is 10.6 Å². The summed E-state index contributed by atoms with van der Waals surface area (Å²) in [5, 5.41) is 9.47. The Morgan fingerprint density at radius 2 is 1.29 bits per heavy atom. The summed E-state index contributed by atoms with van der Waals surface area (Å²) in [4.78, 5) is 18.2. The Morgan fingerprint density at radius 1 is 0.816 bits per heavy atom. The van der Waals surface area contributed by atoms with Crippen LogP contribution in [0.25, 0.3) is 28.1 Å². The molecule has 0 unspecified atom stereocenters. The first kappa shape index (κ1) is 34.7. The van der Waals surface area contributed by atoms with E-state index in [1.807, 2.05) is 48.7 Å². The molecule has 38 heavy (non-hydrogen) atoms. The van der Waals surface area contributed by atoms with Crippen LogP contribution in [-0.2, 0) is 10.0 Å². The van der Waals surface area contributed by atoms with E-state index in [0.29, 0.717) is 16.3 Å².